The van der Waals surface area contributed by atoms with Crippen LogP contribution in [0.2, 0.25) is 0 Å². The second-order valence-corrected chi connectivity index (χ2v) is 10.0. The van der Waals surface area contributed by atoms with Crippen molar-refractivity contribution in [2.45, 2.75) is 49.8 Å². The van der Waals surface area contributed by atoms with Gasteiger partial charge in [0.15, 0.2) is 0 Å². The molecule has 0 aliphatic carbocycles. The maximum absolute atomic E-state index is 12.6. The molecule has 1 fully saturated rings. The molecular formula is C25H36N3O4S+. The number of nitrogens with zero attached hydrogens (tertiary/aromatic N) is 1. The second-order valence-electron chi connectivity index (χ2n) is 8.87. The Morgan fingerprint density at radius 3 is 2.58 bits per heavy atom. The van der Waals surface area contributed by atoms with Crippen LogP contribution >= 0.6 is 11.9 Å². The molecule has 2 aromatic carbocycles. The number of aliphatic hydroxyl groups is 1. The average molecular weight is 475 g/mol. The molecule has 2 aromatic rings. The number of hydrogen-bond acceptors (Lipinski definition) is 6. The summed E-state index contributed by atoms with van der Waals surface area (Å²) in [5, 5.41) is 14.1. The Balaban J connectivity index is 1.68. The number of carbonyl (C=O) groups excluding carboxylic acids is 1. The van der Waals surface area contributed by atoms with Crippen LogP contribution in [0.25, 0.3) is 0 Å². The summed E-state index contributed by atoms with van der Waals surface area (Å²) in [4.78, 5) is 13.7. The number of carbonyl (C=O) groups is 1. The van der Waals surface area contributed by atoms with Crippen LogP contribution in [-0.2, 0) is 15.9 Å². The summed E-state index contributed by atoms with van der Waals surface area (Å²) in [5.41, 5.74) is 5.95. The monoisotopic (exact) mass is 474 g/mol. The molecule has 0 aromatic heterocycles. The number of amides is 1. The van der Waals surface area contributed by atoms with Crippen molar-refractivity contribution in [1.82, 2.24) is 9.62 Å². The van der Waals surface area contributed by atoms with E-state index in [1.165, 1.54) is 0 Å². The van der Waals surface area contributed by atoms with E-state index >= 15 is 0 Å². The maximum Gasteiger partial charge on any atom is 0.407 e. The molecule has 5 N–H and O–H groups in total. The third-order valence-electron chi connectivity index (χ3n) is 5.35. The molecule has 0 unspecified atom stereocenters. The van der Waals surface area contributed by atoms with E-state index in [4.69, 9.17) is 9.47 Å². The number of quaternary nitrogens is 1. The van der Waals surface area contributed by atoms with Crippen LogP contribution in [-0.4, -0.2) is 60.1 Å². The van der Waals surface area contributed by atoms with E-state index in [1.54, 1.807) is 11.9 Å². The van der Waals surface area contributed by atoms with Gasteiger partial charge in [-0.25, -0.2) is 9.10 Å². The van der Waals surface area contributed by atoms with Gasteiger partial charge in [-0.15, -0.1) is 0 Å². The topological polar surface area (TPSA) is 98.7 Å². The first kappa shape index (κ1) is 25.5. The second kappa shape index (κ2) is 13.0. The Labute approximate surface area is 200 Å². The van der Waals surface area contributed by atoms with Crippen molar-refractivity contribution in [3.05, 3.63) is 60.2 Å². The van der Waals surface area contributed by atoms with Crippen LogP contribution in [0.4, 0.5) is 10.5 Å². The Bertz CT molecular complexity index is 844. The van der Waals surface area contributed by atoms with Crippen LogP contribution < -0.4 is 11.1 Å². The largest absolute Gasteiger partial charge is 0.444 e. The molecule has 0 saturated carbocycles. The van der Waals surface area contributed by atoms with E-state index in [2.05, 4.69) is 29.2 Å². The lowest BCUT2D eigenvalue weighted by atomic mass is 10.0. The van der Waals surface area contributed by atoms with Crippen molar-refractivity contribution >= 4 is 23.7 Å². The lowest BCUT2D eigenvalue weighted by Crippen LogP contribution is -2.49. The Morgan fingerprint density at radius 2 is 1.94 bits per heavy atom. The number of ether oxygens (including phenoxy) is 2. The van der Waals surface area contributed by atoms with Crippen LogP contribution in [0.1, 0.15) is 25.8 Å². The lowest BCUT2D eigenvalue weighted by molar-refractivity contribution is -0.254. The number of alkyl carbamates (subject to hydrolysis) is 1. The number of aliphatic hydroxyl groups excluding tert-OH is 1. The standard InChI is InChI=1S/C25H35N3O4S/c1-18(2)15-28(33-22-10-8-20(26)9-11-22)16-24(29)23(14-19-6-4-3-5-7-19)27-25(30)32-21-12-13-31-17-21/h3-11,18,21,23-24,29H,12-17,26H2,1-2H3,(H,27,30)/p+1/t21-,23-,24+/m0/s1. The van der Waals surface area contributed by atoms with Crippen molar-refractivity contribution in [2.75, 3.05) is 26.3 Å². The van der Waals surface area contributed by atoms with Gasteiger partial charge in [-0.2, -0.15) is 0 Å². The predicted molar refractivity (Wildman–Crippen MR) is 130 cm³/mol. The summed E-state index contributed by atoms with van der Waals surface area (Å²) in [6.45, 7) is 6.53. The van der Waals surface area contributed by atoms with Crippen molar-refractivity contribution < 1.29 is 25.1 Å². The zero-order valence-electron chi connectivity index (χ0n) is 19.5. The van der Waals surface area contributed by atoms with Crippen LogP contribution in [0, 0.1) is 5.92 Å². The fourth-order valence-corrected chi connectivity index (χ4v) is 4.84. The van der Waals surface area contributed by atoms with Crippen molar-refractivity contribution in [1.29, 1.82) is 0 Å². The quantitative estimate of drug-likeness (QED) is 0.433. The molecule has 1 aliphatic rings. The molecule has 0 radical (unpaired) electrons. The molecule has 7 nitrogen and oxygen atoms in total. The van der Waals surface area contributed by atoms with Gasteiger partial charge in [0.2, 0.25) is 0 Å². The molecular weight excluding hydrogens is 438 g/mol. The van der Waals surface area contributed by atoms with Gasteiger partial charge in [0.25, 0.3) is 0 Å². The van der Waals surface area contributed by atoms with Gasteiger partial charge < -0.3 is 25.6 Å². The lowest BCUT2D eigenvalue weighted by Gasteiger charge is -2.30. The summed E-state index contributed by atoms with van der Waals surface area (Å²) in [6.07, 6.45) is -0.321. The summed E-state index contributed by atoms with van der Waals surface area (Å²) < 4.78 is 12.9. The average Bonchev–Trinajstić information content (AvgIpc) is 3.28. The zero-order chi connectivity index (χ0) is 23.6. The number of rotatable bonds is 11. The van der Waals surface area contributed by atoms with Gasteiger partial charge in [0.1, 0.15) is 11.8 Å². The molecule has 1 heterocycles. The molecule has 180 valence electrons. The van der Waals surface area contributed by atoms with Gasteiger partial charge in [-0.3, -0.25) is 0 Å². The van der Waals surface area contributed by atoms with Crippen molar-refractivity contribution in [3.63, 3.8) is 0 Å². The first-order valence-electron chi connectivity index (χ1n) is 11.5. The Morgan fingerprint density at radius 1 is 1.21 bits per heavy atom. The number of hydrogen-bond donors (Lipinski definition) is 3. The molecule has 0 bridgehead atoms. The van der Waals surface area contributed by atoms with E-state index in [1.807, 2.05) is 54.6 Å². The van der Waals surface area contributed by atoms with E-state index in [9.17, 15) is 9.90 Å². The highest BCUT2D eigenvalue weighted by Crippen LogP contribution is 2.25. The summed E-state index contributed by atoms with van der Waals surface area (Å²) in [7, 11) is 0. The molecule has 1 saturated heterocycles. The Hall–Kier alpha value is -2.10. The SMILES string of the molecule is CC(C)CN(C[C@@H](O)[C@H](Cc1ccccc1)NC(=O)O[C@H]1CCOC1)Sc1ccc([NH3+])cc1. The fourth-order valence-electron chi connectivity index (χ4n) is 3.69. The van der Waals surface area contributed by atoms with Gasteiger partial charge in [-0.05, 0) is 42.0 Å². The van der Waals surface area contributed by atoms with E-state index in [-0.39, 0.29) is 6.10 Å². The van der Waals surface area contributed by atoms with Crippen molar-refractivity contribution in [2.24, 2.45) is 5.92 Å². The third-order valence-corrected chi connectivity index (χ3v) is 6.38. The van der Waals surface area contributed by atoms with Crippen LogP contribution in [0.5, 0.6) is 0 Å². The normalized spacial score (nSPS) is 17.8. The Kier molecular flexibility index (Phi) is 10.0. The van der Waals surface area contributed by atoms with E-state index < -0.39 is 18.2 Å². The summed E-state index contributed by atoms with van der Waals surface area (Å²) in [6, 6.07) is 17.4. The van der Waals surface area contributed by atoms with Gasteiger partial charge in [-0.1, -0.05) is 44.2 Å². The van der Waals surface area contributed by atoms with Gasteiger partial charge in [0, 0.05) is 36.5 Å². The highest BCUT2D eigenvalue weighted by molar-refractivity contribution is 7.97. The first-order chi connectivity index (χ1) is 15.9. The molecule has 1 aliphatic heterocycles. The predicted octanol–water partition coefficient (Wildman–Crippen LogP) is 3.01. The van der Waals surface area contributed by atoms with Gasteiger partial charge >= 0.3 is 6.09 Å². The molecule has 3 atom stereocenters. The third kappa shape index (κ3) is 8.98. The molecule has 3 rings (SSSR count). The summed E-state index contributed by atoms with van der Waals surface area (Å²) >= 11 is 1.61. The zero-order valence-corrected chi connectivity index (χ0v) is 20.3. The summed E-state index contributed by atoms with van der Waals surface area (Å²) in [5.74, 6) is 0.421. The molecule has 1 amide bonds. The minimum absolute atomic E-state index is 0.233. The molecule has 8 heteroatoms. The smallest absolute Gasteiger partial charge is 0.407 e. The van der Waals surface area contributed by atoms with E-state index in [0.717, 1.165) is 22.7 Å². The van der Waals surface area contributed by atoms with E-state index in [0.29, 0.717) is 38.5 Å². The van der Waals surface area contributed by atoms with Crippen LogP contribution in [0.3, 0.4) is 0 Å². The van der Waals surface area contributed by atoms with Crippen LogP contribution in [0.15, 0.2) is 59.5 Å². The maximum atomic E-state index is 12.6. The minimum atomic E-state index is -0.782. The number of benzene rings is 2. The molecule has 33 heavy (non-hydrogen) atoms. The molecule has 0 spiro atoms. The van der Waals surface area contributed by atoms with Crippen molar-refractivity contribution in [3.8, 4) is 0 Å². The van der Waals surface area contributed by atoms with Gasteiger partial charge in [0.05, 0.1) is 25.4 Å². The first-order valence-corrected chi connectivity index (χ1v) is 12.3. The highest BCUT2D eigenvalue weighted by Gasteiger charge is 2.27. The minimum Gasteiger partial charge on any atom is -0.444 e. The number of nitrogens with one attached hydrogen (secondary N) is 1. The fraction of sp³-hybridized carbons (Fsp3) is 0.480. The highest BCUT2D eigenvalue weighted by atomic mass is 32.2.